The van der Waals surface area contributed by atoms with Crippen molar-refractivity contribution < 1.29 is 9.53 Å². The van der Waals surface area contributed by atoms with E-state index in [2.05, 4.69) is 40.2 Å². The Morgan fingerprint density at radius 3 is 2.64 bits per heavy atom. The first-order chi connectivity index (χ1) is 17.6. The molecule has 0 spiro atoms. The van der Waals surface area contributed by atoms with Crippen LogP contribution in [-0.2, 0) is 9.53 Å². The maximum absolute atomic E-state index is 12.6. The molecule has 3 fully saturated rings. The van der Waals surface area contributed by atoms with Crippen molar-refractivity contribution in [2.24, 2.45) is 0 Å². The van der Waals surface area contributed by atoms with E-state index in [1.165, 1.54) is 0 Å². The summed E-state index contributed by atoms with van der Waals surface area (Å²) in [6.45, 7) is 8.29. The number of ether oxygens (including phenoxy) is 1. The lowest BCUT2D eigenvalue weighted by molar-refractivity contribution is -0.134. The van der Waals surface area contributed by atoms with E-state index in [-0.39, 0.29) is 11.9 Å². The maximum Gasteiger partial charge on any atom is 0.225 e. The summed E-state index contributed by atoms with van der Waals surface area (Å²) in [7, 11) is 1.61. The predicted molar refractivity (Wildman–Crippen MR) is 139 cm³/mol. The van der Waals surface area contributed by atoms with Gasteiger partial charge in [-0.3, -0.25) is 4.79 Å². The molecule has 0 bridgehead atoms. The normalized spacial score (nSPS) is 20.4. The molecule has 1 aliphatic carbocycles. The number of nitrogens with zero attached hydrogens (tertiary/aromatic N) is 6. The lowest BCUT2D eigenvalue weighted by Crippen LogP contribution is -2.54. The zero-order valence-corrected chi connectivity index (χ0v) is 21.2. The van der Waals surface area contributed by atoms with Crippen LogP contribution in [-0.4, -0.2) is 86.3 Å². The highest BCUT2D eigenvalue weighted by atomic mass is 16.5. The number of pyridine rings is 2. The molecule has 0 aromatic carbocycles. The van der Waals surface area contributed by atoms with Crippen molar-refractivity contribution in [3.63, 3.8) is 0 Å². The number of carbonyl (C=O) groups excluding carboxylic acids is 1. The van der Waals surface area contributed by atoms with Gasteiger partial charge in [-0.2, -0.15) is 5.26 Å². The fourth-order valence-electron chi connectivity index (χ4n) is 5.22. The molecule has 1 unspecified atom stereocenters. The minimum absolute atomic E-state index is 0.0437. The van der Waals surface area contributed by atoms with Crippen molar-refractivity contribution in [3.05, 3.63) is 35.7 Å². The number of carbonyl (C=O) groups is 1. The van der Waals surface area contributed by atoms with Crippen molar-refractivity contribution in [1.82, 2.24) is 20.2 Å². The molecule has 2 aliphatic heterocycles. The summed E-state index contributed by atoms with van der Waals surface area (Å²) < 4.78 is 5.07. The Labute approximate surface area is 213 Å². The SMILES string of the molecule is COCCC(=O)N1CCN(c2nc(C3CC3)c(-c3ccc(N4CCNCC4)nc3)cc2C#N)CC1C. The Balaban J connectivity index is 1.39. The number of amides is 1. The number of nitriles is 1. The van der Waals surface area contributed by atoms with Crippen LogP contribution >= 0.6 is 0 Å². The van der Waals surface area contributed by atoms with Gasteiger partial charge in [-0.05, 0) is 38.0 Å². The molecule has 1 amide bonds. The Hall–Kier alpha value is -3.22. The molecule has 2 aromatic rings. The van der Waals surface area contributed by atoms with E-state index in [1.807, 2.05) is 17.2 Å². The van der Waals surface area contributed by atoms with Crippen LogP contribution in [0.15, 0.2) is 24.4 Å². The van der Waals surface area contributed by atoms with Gasteiger partial charge in [-0.15, -0.1) is 0 Å². The van der Waals surface area contributed by atoms with Gasteiger partial charge in [0.25, 0.3) is 0 Å². The molecule has 1 saturated carbocycles. The molecule has 2 saturated heterocycles. The third-order valence-corrected chi connectivity index (χ3v) is 7.38. The van der Waals surface area contributed by atoms with Gasteiger partial charge >= 0.3 is 0 Å². The average Bonchev–Trinajstić information content (AvgIpc) is 3.77. The number of piperazine rings is 2. The van der Waals surface area contributed by atoms with Crippen LogP contribution in [0.3, 0.4) is 0 Å². The van der Waals surface area contributed by atoms with Gasteiger partial charge in [0.2, 0.25) is 5.91 Å². The molecule has 190 valence electrons. The molecule has 2 aromatic heterocycles. The number of methoxy groups -OCH3 is 1. The van der Waals surface area contributed by atoms with E-state index in [4.69, 9.17) is 14.7 Å². The maximum atomic E-state index is 12.6. The van der Waals surface area contributed by atoms with E-state index in [0.29, 0.717) is 44.1 Å². The largest absolute Gasteiger partial charge is 0.384 e. The van der Waals surface area contributed by atoms with Gasteiger partial charge in [0.05, 0.1) is 24.3 Å². The Morgan fingerprint density at radius 2 is 2.00 bits per heavy atom. The van der Waals surface area contributed by atoms with Crippen LogP contribution < -0.4 is 15.1 Å². The summed E-state index contributed by atoms with van der Waals surface area (Å²) in [6.07, 6.45) is 4.56. The second kappa shape index (κ2) is 10.8. The highest BCUT2D eigenvalue weighted by molar-refractivity contribution is 5.77. The molecule has 36 heavy (non-hydrogen) atoms. The fourth-order valence-corrected chi connectivity index (χ4v) is 5.22. The van der Waals surface area contributed by atoms with Gasteiger partial charge in [0, 0.05) is 82.2 Å². The molecule has 1 N–H and O–H groups in total. The first-order valence-corrected chi connectivity index (χ1v) is 13.0. The first-order valence-electron chi connectivity index (χ1n) is 13.0. The van der Waals surface area contributed by atoms with Crippen LogP contribution in [0.1, 0.15) is 43.4 Å². The second-order valence-corrected chi connectivity index (χ2v) is 9.95. The third-order valence-electron chi connectivity index (χ3n) is 7.38. The minimum atomic E-state index is 0.0437. The van der Waals surface area contributed by atoms with E-state index in [0.717, 1.165) is 67.5 Å². The zero-order chi connectivity index (χ0) is 25.1. The van der Waals surface area contributed by atoms with Crippen molar-refractivity contribution >= 4 is 17.5 Å². The van der Waals surface area contributed by atoms with Crippen LogP contribution in [0, 0.1) is 11.3 Å². The smallest absolute Gasteiger partial charge is 0.225 e. The molecule has 0 radical (unpaired) electrons. The van der Waals surface area contributed by atoms with Gasteiger partial charge in [0.15, 0.2) is 0 Å². The highest BCUT2D eigenvalue weighted by Gasteiger charge is 2.33. The van der Waals surface area contributed by atoms with Crippen LogP contribution in [0.5, 0.6) is 0 Å². The van der Waals surface area contributed by atoms with Crippen molar-refractivity contribution in [1.29, 1.82) is 5.26 Å². The summed E-state index contributed by atoms with van der Waals surface area (Å²) in [5, 5.41) is 13.4. The number of aromatic nitrogens is 2. The van der Waals surface area contributed by atoms with E-state index in [9.17, 15) is 10.1 Å². The van der Waals surface area contributed by atoms with Crippen LogP contribution in [0.25, 0.3) is 11.1 Å². The predicted octanol–water partition coefficient (Wildman–Crippen LogP) is 2.38. The van der Waals surface area contributed by atoms with E-state index >= 15 is 0 Å². The number of hydrogen-bond acceptors (Lipinski definition) is 8. The molecule has 1 atom stereocenters. The van der Waals surface area contributed by atoms with Gasteiger partial charge < -0.3 is 24.8 Å². The first kappa shape index (κ1) is 24.5. The molecule has 9 nitrogen and oxygen atoms in total. The molecule has 9 heteroatoms. The van der Waals surface area contributed by atoms with Crippen molar-refractivity contribution in [3.8, 4) is 17.2 Å². The van der Waals surface area contributed by atoms with Gasteiger partial charge in [-0.25, -0.2) is 9.97 Å². The lowest BCUT2D eigenvalue weighted by Gasteiger charge is -2.41. The van der Waals surface area contributed by atoms with E-state index in [1.54, 1.807) is 7.11 Å². The van der Waals surface area contributed by atoms with Crippen LogP contribution in [0.2, 0.25) is 0 Å². The number of rotatable bonds is 7. The Morgan fingerprint density at radius 1 is 1.19 bits per heavy atom. The van der Waals surface area contributed by atoms with E-state index < -0.39 is 0 Å². The summed E-state index contributed by atoms with van der Waals surface area (Å²) in [4.78, 5) is 28.8. The molecule has 3 aliphatic rings. The van der Waals surface area contributed by atoms with Crippen molar-refractivity contribution in [2.45, 2.75) is 38.1 Å². The Bertz CT molecular complexity index is 1120. The van der Waals surface area contributed by atoms with Gasteiger partial charge in [-0.1, -0.05) is 0 Å². The fraction of sp³-hybridized carbons (Fsp3) is 0.556. The molecular formula is C27H35N7O2. The Kier molecular flexibility index (Phi) is 7.35. The minimum Gasteiger partial charge on any atom is -0.384 e. The summed E-state index contributed by atoms with van der Waals surface area (Å²) in [5.74, 6) is 2.27. The summed E-state index contributed by atoms with van der Waals surface area (Å²) in [5.41, 5.74) is 3.66. The summed E-state index contributed by atoms with van der Waals surface area (Å²) >= 11 is 0. The zero-order valence-electron chi connectivity index (χ0n) is 21.2. The third kappa shape index (κ3) is 5.15. The number of anilines is 2. The number of nitrogens with one attached hydrogen (secondary N) is 1. The monoisotopic (exact) mass is 489 g/mol. The molecular weight excluding hydrogens is 454 g/mol. The standard InChI is InChI=1S/C27H35N7O2/c1-19-18-33(12-13-34(19)25(35)7-14-36-2)27-22(16-28)15-23(26(31-27)20-3-4-20)21-5-6-24(30-17-21)32-10-8-29-9-11-32/h5-6,15,17,19-20,29H,3-4,7-14,18H2,1-2H3. The molecule has 4 heterocycles. The molecule has 5 rings (SSSR count). The van der Waals surface area contributed by atoms with Gasteiger partial charge in [0.1, 0.15) is 17.7 Å². The quantitative estimate of drug-likeness (QED) is 0.633. The van der Waals surface area contributed by atoms with Crippen LogP contribution in [0.4, 0.5) is 11.6 Å². The topological polar surface area (TPSA) is 97.6 Å². The average molecular weight is 490 g/mol. The lowest BCUT2D eigenvalue weighted by atomic mass is 10.00. The van der Waals surface area contributed by atoms with Crippen molar-refractivity contribution in [2.75, 3.05) is 69.3 Å². The summed E-state index contributed by atoms with van der Waals surface area (Å²) in [6, 6.07) is 8.63. The second-order valence-electron chi connectivity index (χ2n) is 9.95. The number of hydrogen-bond donors (Lipinski definition) is 1. The highest BCUT2D eigenvalue weighted by Crippen LogP contribution is 2.45.